The van der Waals surface area contributed by atoms with Crippen LogP contribution in [0, 0.1) is 11.7 Å². The van der Waals surface area contributed by atoms with Crippen molar-refractivity contribution in [2.24, 2.45) is 11.7 Å². The van der Waals surface area contributed by atoms with E-state index in [-0.39, 0.29) is 10.8 Å². The SMILES string of the molecule is CN(Cc1ccc(F)cc1C(N)=S)CC1CCCCC1. The minimum absolute atomic E-state index is 0.269. The van der Waals surface area contributed by atoms with Gasteiger partial charge in [-0.15, -0.1) is 0 Å². The molecule has 1 aliphatic rings. The van der Waals surface area contributed by atoms with Gasteiger partial charge in [-0.25, -0.2) is 4.39 Å². The second kappa shape index (κ2) is 7.14. The van der Waals surface area contributed by atoms with Crippen LogP contribution in [0.1, 0.15) is 43.2 Å². The fourth-order valence-electron chi connectivity index (χ4n) is 3.08. The predicted octanol–water partition coefficient (Wildman–Crippen LogP) is 3.47. The third-order valence-corrected chi connectivity index (χ3v) is 4.29. The average molecular weight is 294 g/mol. The van der Waals surface area contributed by atoms with Gasteiger partial charge in [-0.1, -0.05) is 37.5 Å². The molecule has 0 spiro atoms. The average Bonchev–Trinajstić information content (AvgIpc) is 2.41. The molecule has 1 saturated carbocycles. The first-order chi connectivity index (χ1) is 9.56. The number of nitrogens with two attached hydrogens (primary N) is 1. The Labute approximate surface area is 126 Å². The van der Waals surface area contributed by atoms with Crippen LogP contribution in [0.15, 0.2) is 18.2 Å². The normalized spacial score (nSPS) is 16.6. The molecular formula is C16H23FN2S. The monoisotopic (exact) mass is 294 g/mol. The molecule has 1 aromatic rings. The van der Waals surface area contributed by atoms with Crippen LogP contribution in [-0.2, 0) is 6.54 Å². The molecule has 0 saturated heterocycles. The summed E-state index contributed by atoms with van der Waals surface area (Å²) in [5.74, 6) is 0.508. The number of nitrogens with zero attached hydrogens (tertiary/aromatic N) is 1. The molecule has 0 bridgehead atoms. The van der Waals surface area contributed by atoms with Crippen LogP contribution in [0.3, 0.4) is 0 Å². The van der Waals surface area contributed by atoms with Crippen LogP contribution in [0.2, 0.25) is 0 Å². The Hall–Kier alpha value is -1.00. The molecule has 1 fully saturated rings. The van der Waals surface area contributed by atoms with Gasteiger partial charge < -0.3 is 10.6 Å². The van der Waals surface area contributed by atoms with Gasteiger partial charge in [-0.05, 0) is 43.5 Å². The molecule has 2 rings (SSSR count). The minimum Gasteiger partial charge on any atom is -0.389 e. The van der Waals surface area contributed by atoms with E-state index in [4.69, 9.17) is 18.0 Å². The van der Waals surface area contributed by atoms with Crippen molar-refractivity contribution in [3.63, 3.8) is 0 Å². The van der Waals surface area contributed by atoms with Crippen molar-refractivity contribution in [3.8, 4) is 0 Å². The van der Waals surface area contributed by atoms with Gasteiger partial charge in [0.25, 0.3) is 0 Å². The Balaban J connectivity index is 1.99. The van der Waals surface area contributed by atoms with E-state index in [1.54, 1.807) is 6.07 Å². The Morgan fingerprint density at radius 2 is 2.05 bits per heavy atom. The number of hydrogen-bond acceptors (Lipinski definition) is 2. The molecule has 0 radical (unpaired) electrons. The summed E-state index contributed by atoms with van der Waals surface area (Å²) in [5, 5.41) is 0. The van der Waals surface area contributed by atoms with Gasteiger partial charge in [0, 0.05) is 18.7 Å². The molecule has 4 heteroatoms. The molecule has 20 heavy (non-hydrogen) atoms. The summed E-state index contributed by atoms with van der Waals surface area (Å²) in [4.78, 5) is 2.57. The molecule has 0 unspecified atom stereocenters. The molecule has 0 amide bonds. The lowest BCUT2D eigenvalue weighted by atomic mass is 9.89. The zero-order chi connectivity index (χ0) is 14.5. The van der Waals surface area contributed by atoms with Crippen LogP contribution >= 0.6 is 12.2 Å². The molecule has 2 nitrogen and oxygen atoms in total. The van der Waals surface area contributed by atoms with Crippen LogP contribution in [0.25, 0.3) is 0 Å². The van der Waals surface area contributed by atoms with Gasteiger partial charge >= 0.3 is 0 Å². The highest BCUT2D eigenvalue weighted by Crippen LogP contribution is 2.24. The van der Waals surface area contributed by atoms with Crippen LogP contribution in [-0.4, -0.2) is 23.5 Å². The molecule has 1 aliphatic carbocycles. The molecule has 0 aliphatic heterocycles. The maximum atomic E-state index is 13.3. The Morgan fingerprint density at radius 3 is 2.70 bits per heavy atom. The van der Waals surface area contributed by atoms with Gasteiger partial charge in [0.1, 0.15) is 10.8 Å². The Kier molecular flexibility index (Phi) is 5.49. The first-order valence-electron chi connectivity index (χ1n) is 7.33. The van der Waals surface area contributed by atoms with Crippen molar-refractivity contribution < 1.29 is 4.39 Å². The van der Waals surface area contributed by atoms with Crippen molar-refractivity contribution in [1.82, 2.24) is 4.90 Å². The summed E-state index contributed by atoms with van der Waals surface area (Å²) in [6.07, 6.45) is 6.75. The van der Waals surface area contributed by atoms with Gasteiger partial charge in [0.05, 0.1) is 0 Å². The fraction of sp³-hybridized carbons (Fsp3) is 0.562. The van der Waals surface area contributed by atoms with E-state index in [0.29, 0.717) is 5.56 Å². The first kappa shape index (κ1) is 15.4. The van der Waals surface area contributed by atoms with E-state index in [1.165, 1.54) is 44.2 Å². The van der Waals surface area contributed by atoms with Crippen LogP contribution in [0.4, 0.5) is 4.39 Å². The van der Waals surface area contributed by atoms with Gasteiger partial charge in [-0.2, -0.15) is 0 Å². The van der Waals surface area contributed by atoms with E-state index < -0.39 is 0 Å². The fourth-order valence-corrected chi connectivity index (χ4v) is 3.27. The van der Waals surface area contributed by atoms with Gasteiger partial charge in [0.2, 0.25) is 0 Å². The first-order valence-corrected chi connectivity index (χ1v) is 7.74. The maximum absolute atomic E-state index is 13.3. The van der Waals surface area contributed by atoms with E-state index in [0.717, 1.165) is 24.6 Å². The third-order valence-electron chi connectivity index (χ3n) is 4.07. The summed E-state index contributed by atoms with van der Waals surface area (Å²) < 4.78 is 13.3. The second-order valence-electron chi connectivity index (χ2n) is 5.87. The van der Waals surface area contributed by atoms with E-state index in [9.17, 15) is 4.39 Å². The molecule has 2 N–H and O–H groups in total. The smallest absolute Gasteiger partial charge is 0.123 e. The summed E-state index contributed by atoms with van der Waals surface area (Å²) in [6.45, 7) is 1.86. The molecule has 1 aromatic carbocycles. The zero-order valence-corrected chi connectivity index (χ0v) is 12.9. The summed E-state index contributed by atoms with van der Waals surface area (Å²) in [7, 11) is 2.11. The van der Waals surface area contributed by atoms with Gasteiger partial charge in [0.15, 0.2) is 0 Å². The lowest BCUT2D eigenvalue weighted by Crippen LogP contribution is -2.27. The maximum Gasteiger partial charge on any atom is 0.123 e. The quantitative estimate of drug-likeness (QED) is 0.843. The van der Waals surface area contributed by atoms with Crippen molar-refractivity contribution in [3.05, 3.63) is 35.1 Å². The predicted molar refractivity (Wildman–Crippen MR) is 85.2 cm³/mol. The molecular weight excluding hydrogens is 271 g/mol. The highest BCUT2D eigenvalue weighted by atomic mass is 32.1. The molecule has 110 valence electrons. The van der Waals surface area contributed by atoms with Crippen molar-refractivity contribution in [1.29, 1.82) is 0 Å². The minimum atomic E-state index is -0.286. The van der Waals surface area contributed by atoms with Crippen LogP contribution < -0.4 is 5.73 Å². The second-order valence-corrected chi connectivity index (χ2v) is 6.31. The number of halogens is 1. The third kappa shape index (κ3) is 4.25. The molecule has 0 aromatic heterocycles. The summed E-state index contributed by atoms with van der Waals surface area (Å²) in [5.41, 5.74) is 7.36. The van der Waals surface area contributed by atoms with E-state index in [2.05, 4.69) is 11.9 Å². The summed E-state index contributed by atoms with van der Waals surface area (Å²) in [6, 6.07) is 4.71. The van der Waals surface area contributed by atoms with Gasteiger partial charge in [-0.3, -0.25) is 0 Å². The Bertz CT molecular complexity index is 470. The number of rotatable bonds is 5. The summed E-state index contributed by atoms with van der Waals surface area (Å²) >= 11 is 5.02. The highest BCUT2D eigenvalue weighted by Gasteiger charge is 2.16. The lowest BCUT2D eigenvalue weighted by Gasteiger charge is -2.27. The lowest BCUT2D eigenvalue weighted by molar-refractivity contribution is 0.228. The molecule has 0 atom stereocenters. The van der Waals surface area contributed by atoms with Crippen molar-refractivity contribution >= 4 is 17.2 Å². The van der Waals surface area contributed by atoms with E-state index in [1.807, 2.05) is 0 Å². The molecule has 0 heterocycles. The zero-order valence-electron chi connectivity index (χ0n) is 12.1. The number of benzene rings is 1. The standard InChI is InChI=1S/C16H23FN2S/c1-19(10-12-5-3-2-4-6-12)11-13-7-8-14(17)9-15(13)16(18)20/h7-9,12H,2-6,10-11H2,1H3,(H2,18,20). The number of thiocarbonyl (C=S) groups is 1. The van der Waals surface area contributed by atoms with Crippen molar-refractivity contribution in [2.45, 2.75) is 38.6 Å². The number of hydrogen-bond donors (Lipinski definition) is 1. The highest BCUT2D eigenvalue weighted by molar-refractivity contribution is 7.80. The topological polar surface area (TPSA) is 29.3 Å². The van der Waals surface area contributed by atoms with Crippen LogP contribution in [0.5, 0.6) is 0 Å². The largest absolute Gasteiger partial charge is 0.389 e. The van der Waals surface area contributed by atoms with Crippen molar-refractivity contribution in [2.75, 3.05) is 13.6 Å². The Morgan fingerprint density at radius 1 is 1.35 bits per heavy atom. The van der Waals surface area contributed by atoms with E-state index >= 15 is 0 Å².